The van der Waals surface area contributed by atoms with E-state index in [1.54, 1.807) is 14.2 Å². The molecule has 0 saturated heterocycles. The topological polar surface area (TPSA) is 56.5 Å². The maximum atomic E-state index is 5.75. The molecule has 1 aliphatic carbocycles. The summed E-state index contributed by atoms with van der Waals surface area (Å²) in [6.45, 7) is 0. The molecule has 0 aliphatic heterocycles. The number of ether oxygens (including phenoxy) is 2. The van der Waals surface area contributed by atoms with E-state index in [4.69, 9.17) is 15.3 Å². The van der Waals surface area contributed by atoms with Crippen LogP contribution in [0.2, 0.25) is 0 Å². The van der Waals surface area contributed by atoms with Crippen molar-refractivity contribution in [1.29, 1.82) is 0 Å². The fourth-order valence-corrected chi connectivity index (χ4v) is 3.14. The Labute approximate surface area is 121 Å². The van der Waals surface area contributed by atoms with Crippen LogP contribution in [0.15, 0.2) is 18.2 Å². The third kappa shape index (κ3) is 3.64. The minimum absolute atomic E-state index is 0.136. The van der Waals surface area contributed by atoms with Gasteiger partial charge in [0.1, 0.15) is 11.5 Å². The van der Waals surface area contributed by atoms with Crippen molar-refractivity contribution in [1.82, 2.24) is 5.43 Å². The predicted molar refractivity (Wildman–Crippen MR) is 80.8 cm³/mol. The summed E-state index contributed by atoms with van der Waals surface area (Å²) >= 11 is 0. The molecule has 2 rings (SSSR count). The molecule has 1 fully saturated rings. The van der Waals surface area contributed by atoms with Crippen LogP contribution in [0.25, 0.3) is 0 Å². The molecule has 112 valence electrons. The van der Waals surface area contributed by atoms with E-state index >= 15 is 0 Å². The van der Waals surface area contributed by atoms with E-state index in [2.05, 4.69) is 5.43 Å². The van der Waals surface area contributed by atoms with Gasteiger partial charge in [0.2, 0.25) is 0 Å². The minimum atomic E-state index is 0.136. The second-order valence-electron chi connectivity index (χ2n) is 5.55. The Morgan fingerprint density at radius 1 is 1.25 bits per heavy atom. The number of nitrogens with two attached hydrogens (primary N) is 1. The van der Waals surface area contributed by atoms with E-state index in [9.17, 15) is 0 Å². The van der Waals surface area contributed by atoms with Gasteiger partial charge in [0, 0.05) is 17.7 Å². The second-order valence-corrected chi connectivity index (χ2v) is 5.55. The molecular formula is C16H26N2O2. The van der Waals surface area contributed by atoms with Crippen molar-refractivity contribution in [3.63, 3.8) is 0 Å². The molecule has 3 N–H and O–H groups in total. The Balaban J connectivity index is 2.05. The third-order valence-electron chi connectivity index (χ3n) is 4.36. The number of nitrogens with one attached hydrogen (secondary N) is 1. The van der Waals surface area contributed by atoms with Gasteiger partial charge in [-0.1, -0.05) is 31.7 Å². The van der Waals surface area contributed by atoms with Crippen LogP contribution in [0.3, 0.4) is 0 Å². The standard InChI is InChI=1S/C16H26N2O2/c1-19-13-8-9-14(16(11-13)20-2)15(18-17)10-7-12-5-3-4-6-12/h8-9,11-12,15,18H,3-7,10,17H2,1-2H3. The van der Waals surface area contributed by atoms with Gasteiger partial charge in [0.25, 0.3) is 0 Å². The highest BCUT2D eigenvalue weighted by Gasteiger charge is 2.20. The normalized spacial score (nSPS) is 17.1. The SMILES string of the molecule is COc1ccc(C(CCC2CCCC2)NN)c(OC)c1. The molecule has 1 aliphatic rings. The molecule has 1 aromatic carbocycles. The van der Waals surface area contributed by atoms with Gasteiger partial charge in [-0.2, -0.15) is 0 Å². The van der Waals surface area contributed by atoms with Crippen molar-refractivity contribution in [3.05, 3.63) is 23.8 Å². The van der Waals surface area contributed by atoms with Crippen molar-refractivity contribution >= 4 is 0 Å². The number of hydrogen-bond donors (Lipinski definition) is 2. The van der Waals surface area contributed by atoms with Crippen LogP contribution >= 0.6 is 0 Å². The molecule has 0 radical (unpaired) electrons. The highest BCUT2D eigenvalue weighted by molar-refractivity contribution is 5.42. The van der Waals surface area contributed by atoms with Crippen LogP contribution in [0.1, 0.15) is 50.1 Å². The molecule has 0 aromatic heterocycles. The van der Waals surface area contributed by atoms with E-state index < -0.39 is 0 Å². The van der Waals surface area contributed by atoms with E-state index in [1.165, 1.54) is 32.1 Å². The highest BCUT2D eigenvalue weighted by Crippen LogP contribution is 2.35. The largest absolute Gasteiger partial charge is 0.497 e. The summed E-state index contributed by atoms with van der Waals surface area (Å²) in [5.74, 6) is 8.25. The smallest absolute Gasteiger partial charge is 0.127 e. The molecule has 4 heteroatoms. The molecule has 1 unspecified atom stereocenters. The van der Waals surface area contributed by atoms with Crippen LogP contribution in [-0.4, -0.2) is 14.2 Å². The quantitative estimate of drug-likeness (QED) is 0.594. The summed E-state index contributed by atoms with van der Waals surface area (Å²) in [4.78, 5) is 0. The van der Waals surface area contributed by atoms with Crippen LogP contribution < -0.4 is 20.7 Å². The average molecular weight is 278 g/mol. The average Bonchev–Trinajstić information content (AvgIpc) is 3.01. The lowest BCUT2D eigenvalue weighted by molar-refractivity contribution is 0.372. The zero-order valence-corrected chi connectivity index (χ0v) is 12.5. The summed E-state index contributed by atoms with van der Waals surface area (Å²) < 4.78 is 10.7. The molecule has 0 spiro atoms. The molecule has 20 heavy (non-hydrogen) atoms. The zero-order valence-electron chi connectivity index (χ0n) is 12.5. The first-order valence-electron chi connectivity index (χ1n) is 7.46. The lowest BCUT2D eigenvalue weighted by Crippen LogP contribution is -2.28. The monoisotopic (exact) mass is 278 g/mol. The number of hydrogen-bond acceptors (Lipinski definition) is 4. The van der Waals surface area contributed by atoms with Gasteiger partial charge < -0.3 is 9.47 Å². The molecule has 0 bridgehead atoms. The predicted octanol–water partition coefficient (Wildman–Crippen LogP) is 3.18. The number of methoxy groups -OCH3 is 2. The van der Waals surface area contributed by atoms with Crippen LogP contribution in [0.5, 0.6) is 11.5 Å². The van der Waals surface area contributed by atoms with Crippen LogP contribution in [0.4, 0.5) is 0 Å². The van der Waals surface area contributed by atoms with Crippen molar-refractivity contribution in [2.45, 2.75) is 44.6 Å². The van der Waals surface area contributed by atoms with Gasteiger partial charge in [0.15, 0.2) is 0 Å². The maximum absolute atomic E-state index is 5.75. The fraction of sp³-hybridized carbons (Fsp3) is 0.625. The second kappa shape index (κ2) is 7.50. The number of hydrazine groups is 1. The van der Waals surface area contributed by atoms with Gasteiger partial charge in [-0.05, 0) is 24.8 Å². The Bertz CT molecular complexity index is 417. The Kier molecular flexibility index (Phi) is 5.68. The van der Waals surface area contributed by atoms with Gasteiger partial charge in [-0.3, -0.25) is 11.3 Å². The first-order chi connectivity index (χ1) is 9.78. The molecule has 1 atom stereocenters. The van der Waals surface area contributed by atoms with E-state index in [-0.39, 0.29) is 6.04 Å². The van der Waals surface area contributed by atoms with Crippen LogP contribution in [-0.2, 0) is 0 Å². The summed E-state index contributed by atoms with van der Waals surface area (Å²) in [6, 6.07) is 6.04. The minimum Gasteiger partial charge on any atom is -0.497 e. The zero-order chi connectivity index (χ0) is 14.4. The fourth-order valence-electron chi connectivity index (χ4n) is 3.14. The summed E-state index contributed by atoms with van der Waals surface area (Å²) in [7, 11) is 3.34. The van der Waals surface area contributed by atoms with Gasteiger partial charge in [0.05, 0.1) is 14.2 Å². The molecule has 1 aromatic rings. The van der Waals surface area contributed by atoms with Crippen molar-refractivity contribution in [3.8, 4) is 11.5 Å². The molecule has 4 nitrogen and oxygen atoms in total. The highest BCUT2D eigenvalue weighted by atomic mass is 16.5. The molecular weight excluding hydrogens is 252 g/mol. The van der Waals surface area contributed by atoms with E-state index in [1.807, 2.05) is 18.2 Å². The Morgan fingerprint density at radius 3 is 2.60 bits per heavy atom. The van der Waals surface area contributed by atoms with Gasteiger partial charge in [-0.15, -0.1) is 0 Å². The van der Waals surface area contributed by atoms with E-state index in [0.29, 0.717) is 0 Å². The van der Waals surface area contributed by atoms with Crippen molar-refractivity contribution in [2.24, 2.45) is 11.8 Å². The Hall–Kier alpha value is -1.26. The molecule has 1 saturated carbocycles. The number of benzene rings is 1. The lowest BCUT2D eigenvalue weighted by Gasteiger charge is -2.21. The summed E-state index contributed by atoms with van der Waals surface area (Å²) in [5, 5.41) is 0. The van der Waals surface area contributed by atoms with Crippen molar-refractivity contribution < 1.29 is 9.47 Å². The first-order valence-corrected chi connectivity index (χ1v) is 7.46. The maximum Gasteiger partial charge on any atom is 0.127 e. The van der Waals surface area contributed by atoms with Gasteiger partial charge >= 0.3 is 0 Å². The third-order valence-corrected chi connectivity index (χ3v) is 4.36. The van der Waals surface area contributed by atoms with Crippen molar-refractivity contribution in [2.75, 3.05) is 14.2 Å². The summed E-state index contributed by atoms with van der Waals surface area (Å²) in [5.41, 5.74) is 4.04. The summed E-state index contributed by atoms with van der Waals surface area (Å²) in [6.07, 6.45) is 7.79. The van der Waals surface area contributed by atoms with Crippen LogP contribution in [0, 0.1) is 5.92 Å². The molecule has 0 amide bonds. The van der Waals surface area contributed by atoms with E-state index in [0.717, 1.165) is 29.4 Å². The lowest BCUT2D eigenvalue weighted by atomic mass is 9.94. The first kappa shape index (κ1) is 15.1. The van der Waals surface area contributed by atoms with Gasteiger partial charge in [-0.25, -0.2) is 0 Å². The molecule has 0 heterocycles. The Morgan fingerprint density at radius 2 is 2.00 bits per heavy atom. The number of rotatable bonds is 7.